The minimum Gasteiger partial charge on any atom is -0.326 e. The molecule has 0 heterocycles. The summed E-state index contributed by atoms with van der Waals surface area (Å²) in [5.41, 5.74) is 0. The van der Waals surface area contributed by atoms with Gasteiger partial charge in [-0.25, -0.2) is 0 Å². The molecular formula is C5H12Cl3O3P. The molecule has 0 aliphatic heterocycles. The molecule has 3 nitrogen and oxygen atoms in total. The number of halogens is 3. The first-order chi connectivity index (χ1) is 5.33. The predicted molar refractivity (Wildman–Crippen MR) is 53.2 cm³/mol. The summed E-state index contributed by atoms with van der Waals surface area (Å²) in [4.78, 5) is 7.96. The summed E-state index contributed by atoms with van der Waals surface area (Å²) in [7, 11) is -3.14. The van der Waals surface area contributed by atoms with Gasteiger partial charge in [-0.2, -0.15) is 0 Å². The van der Waals surface area contributed by atoms with Crippen LogP contribution in [-0.2, 0) is 9.09 Å². The van der Waals surface area contributed by atoms with Gasteiger partial charge in [0.05, 0.1) is 0 Å². The van der Waals surface area contributed by atoms with Crippen LogP contribution >= 0.6 is 43.1 Å². The fourth-order valence-corrected chi connectivity index (χ4v) is 0.891. The molecule has 0 aliphatic rings. The fourth-order valence-electron chi connectivity index (χ4n) is 0.0990. The van der Waals surface area contributed by atoms with Crippen LogP contribution in [0.15, 0.2) is 0 Å². The Hall–Kier alpha value is 1.02. The van der Waals surface area contributed by atoms with Crippen molar-refractivity contribution in [2.45, 2.75) is 30.7 Å². The molecule has 1 N–H and O–H groups in total. The highest BCUT2D eigenvalue weighted by Crippen LogP contribution is 2.36. The van der Waals surface area contributed by atoms with E-state index < -0.39 is 12.2 Å². The lowest BCUT2D eigenvalue weighted by atomic mass is 10.4. The molecule has 0 bridgehead atoms. The summed E-state index contributed by atoms with van der Waals surface area (Å²) < 4.78 is 11.5. The smallest absolute Gasteiger partial charge is 0.320 e. The Morgan fingerprint density at radius 3 is 1.67 bits per heavy atom. The average Bonchev–Trinajstić information content (AvgIpc) is 1.83. The highest BCUT2D eigenvalue weighted by molar-refractivity contribution is 7.32. The summed E-state index contributed by atoms with van der Waals surface area (Å²) in [6, 6.07) is 0. The van der Waals surface area contributed by atoms with Gasteiger partial charge >= 0.3 is 12.2 Å². The van der Waals surface area contributed by atoms with Crippen molar-refractivity contribution in [3.63, 3.8) is 0 Å². The molecule has 0 radical (unpaired) electrons. The lowest BCUT2D eigenvalue weighted by molar-refractivity contribution is 0.283. The second-order valence-electron chi connectivity index (χ2n) is 1.81. The molecule has 0 rings (SSSR count). The predicted octanol–water partition coefficient (Wildman–Crippen LogP) is 3.52. The van der Waals surface area contributed by atoms with Crippen molar-refractivity contribution in [3.8, 4) is 0 Å². The summed E-state index contributed by atoms with van der Waals surface area (Å²) in [6.45, 7) is 4.36. The minimum absolute atomic E-state index is 1.32. The van der Waals surface area contributed by atoms with Crippen molar-refractivity contribution in [3.05, 3.63) is 0 Å². The zero-order chi connectivity index (χ0) is 10.2. The quantitative estimate of drug-likeness (QED) is 0.608. The summed E-state index contributed by atoms with van der Waals surface area (Å²) >= 11 is 14.7. The van der Waals surface area contributed by atoms with Crippen LogP contribution in [0, 0.1) is 0 Å². The topological polar surface area (TPSA) is 46.5 Å². The van der Waals surface area contributed by atoms with E-state index in [1.54, 1.807) is 0 Å². The first-order valence-corrected chi connectivity index (χ1v) is 5.71. The maximum atomic E-state index is 9.72. The maximum Gasteiger partial charge on any atom is 0.320 e. The van der Waals surface area contributed by atoms with Crippen molar-refractivity contribution in [2.24, 2.45) is 0 Å². The monoisotopic (exact) mass is 256 g/mol. The van der Waals surface area contributed by atoms with Gasteiger partial charge < -0.3 is 4.89 Å². The highest BCUT2D eigenvalue weighted by atomic mass is 35.6. The van der Waals surface area contributed by atoms with E-state index in [2.05, 4.69) is 18.4 Å². The Morgan fingerprint density at radius 1 is 1.33 bits per heavy atom. The Kier molecular flexibility index (Phi) is 11.1. The van der Waals surface area contributed by atoms with Gasteiger partial charge in [-0.15, -0.1) is 0 Å². The molecule has 0 aromatic heterocycles. The molecule has 0 saturated carbocycles. The molecule has 0 amide bonds. The Morgan fingerprint density at radius 2 is 1.67 bits per heavy atom. The molecule has 0 spiro atoms. The molecule has 0 aromatic carbocycles. The molecular weight excluding hydrogens is 245 g/mol. The van der Waals surface area contributed by atoms with E-state index >= 15 is 0 Å². The molecule has 0 saturated heterocycles. The maximum absolute atomic E-state index is 9.72. The molecule has 0 aliphatic carbocycles. The molecule has 1 unspecified atom stereocenters. The van der Waals surface area contributed by atoms with Crippen LogP contribution in [0.1, 0.15) is 26.7 Å². The third kappa shape index (κ3) is 22.5. The largest absolute Gasteiger partial charge is 0.326 e. The molecule has 76 valence electrons. The summed E-state index contributed by atoms with van der Waals surface area (Å²) in [6.07, 6.45) is 2.64. The lowest BCUT2D eigenvalue weighted by Crippen LogP contribution is -2.01. The van der Waals surface area contributed by atoms with Gasteiger partial charge in [0.15, 0.2) is 0 Å². The van der Waals surface area contributed by atoms with E-state index in [4.69, 9.17) is 39.7 Å². The van der Waals surface area contributed by atoms with Crippen LogP contribution in [0.25, 0.3) is 0 Å². The normalized spacial score (nSPS) is 13.2. The van der Waals surface area contributed by atoms with E-state index in [9.17, 15) is 4.57 Å². The van der Waals surface area contributed by atoms with Gasteiger partial charge in [0.2, 0.25) is 0 Å². The van der Waals surface area contributed by atoms with Crippen molar-refractivity contribution in [1.29, 1.82) is 0 Å². The standard InChI is InChI=1S/C4H10.CH2Cl3O3P/c1-3-4-2;2-1(3,4)7-8(5)6/h3-4H2,1-2H3;8H,(H,5,6). The number of hydrogen-bond acceptors (Lipinski definition) is 2. The van der Waals surface area contributed by atoms with Gasteiger partial charge in [-0.05, 0) is 0 Å². The second-order valence-corrected chi connectivity index (χ2v) is 4.73. The van der Waals surface area contributed by atoms with Gasteiger partial charge in [-0.3, -0.25) is 9.09 Å². The van der Waals surface area contributed by atoms with Gasteiger partial charge in [-0.1, -0.05) is 61.5 Å². The molecule has 12 heavy (non-hydrogen) atoms. The van der Waals surface area contributed by atoms with Gasteiger partial charge in [0.1, 0.15) is 0 Å². The van der Waals surface area contributed by atoms with Crippen LogP contribution in [0.3, 0.4) is 0 Å². The third-order valence-electron chi connectivity index (χ3n) is 0.703. The van der Waals surface area contributed by atoms with E-state index in [0.29, 0.717) is 0 Å². The minimum atomic E-state index is -3.14. The van der Waals surface area contributed by atoms with Crippen LogP contribution in [0.5, 0.6) is 0 Å². The number of unbranched alkanes of at least 4 members (excludes halogenated alkanes) is 1. The Bertz CT molecular complexity index is 124. The first-order valence-electron chi connectivity index (χ1n) is 3.32. The molecule has 7 heteroatoms. The first kappa shape index (κ1) is 15.5. The number of rotatable bonds is 2. The molecule has 0 aromatic rings. The van der Waals surface area contributed by atoms with Crippen molar-refractivity contribution < 1.29 is 14.0 Å². The zero-order valence-electron chi connectivity index (χ0n) is 6.81. The molecule has 0 fully saturated rings. The Balaban J connectivity index is 0. The van der Waals surface area contributed by atoms with Crippen LogP contribution in [0.2, 0.25) is 0 Å². The van der Waals surface area contributed by atoms with Crippen LogP contribution in [0.4, 0.5) is 0 Å². The van der Waals surface area contributed by atoms with E-state index in [-0.39, 0.29) is 0 Å². The lowest BCUT2D eigenvalue weighted by Gasteiger charge is -2.06. The number of alkyl halides is 3. The fraction of sp³-hybridized carbons (Fsp3) is 1.00. The summed E-state index contributed by atoms with van der Waals surface area (Å²) in [5, 5.41) is 0. The highest BCUT2D eigenvalue weighted by Gasteiger charge is 2.22. The Labute approximate surface area is 87.9 Å². The van der Waals surface area contributed by atoms with Gasteiger partial charge in [0, 0.05) is 0 Å². The van der Waals surface area contributed by atoms with Crippen molar-refractivity contribution in [1.82, 2.24) is 0 Å². The van der Waals surface area contributed by atoms with Crippen LogP contribution in [-0.4, -0.2) is 8.87 Å². The zero-order valence-corrected chi connectivity index (χ0v) is 10.1. The van der Waals surface area contributed by atoms with Crippen molar-refractivity contribution >= 4 is 43.1 Å². The third-order valence-corrected chi connectivity index (χ3v) is 1.80. The SMILES string of the molecule is CCCC.O=[PH](O)OC(Cl)(Cl)Cl. The van der Waals surface area contributed by atoms with E-state index in [0.717, 1.165) is 0 Å². The number of hydrogen-bond donors (Lipinski definition) is 1. The van der Waals surface area contributed by atoms with Crippen LogP contribution < -0.4 is 0 Å². The van der Waals surface area contributed by atoms with E-state index in [1.165, 1.54) is 12.8 Å². The molecule has 1 atom stereocenters. The van der Waals surface area contributed by atoms with E-state index in [1.807, 2.05) is 0 Å². The van der Waals surface area contributed by atoms with Crippen molar-refractivity contribution in [2.75, 3.05) is 0 Å². The van der Waals surface area contributed by atoms with Gasteiger partial charge in [0.25, 0.3) is 0 Å². The summed E-state index contributed by atoms with van der Waals surface area (Å²) in [5.74, 6) is 0. The second kappa shape index (κ2) is 8.61. The average molecular weight is 257 g/mol.